The Morgan fingerprint density at radius 2 is 1.83 bits per heavy atom. The van der Waals surface area contributed by atoms with E-state index in [1.54, 1.807) is 19.1 Å². The SMILES string of the molecule is CCOc1cc(C2C(C(=O)c3sc(C)nc3C)=C(O)C(=O)N2c2nc3ccc(C)cc3s2)ccc1OCCC(C)C. The number of hydrogen-bond donors (Lipinski definition) is 1. The molecule has 1 aliphatic heterocycles. The number of nitrogens with zero attached hydrogens (tertiary/aromatic N) is 3. The molecular weight excluding hydrogens is 558 g/mol. The zero-order valence-electron chi connectivity index (χ0n) is 24.0. The molecule has 0 saturated carbocycles. The number of carbonyl (C=O) groups excluding carboxylic acids is 2. The lowest BCUT2D eigenvalue weighted by Gasteiger charge is -2.25. The highest BCUT2D eigenvalue weighted by molar-refractivity contribution is 7.22. The number of hydrogen-bond acceptors (Lipinski definition) is 9. The average Bonchev–Trinajstić information content (AvgIpc) is 3.57. The first-order chi connectivity index (χ1) is 19.6. The minimum Gasteiger partial charge on any atom is -0.503 e. The number of aliphatic hydroxyl groups excluding tert-OH is 1. The van der Waals surface area contributed by atoms with Crippen LogP contribution in [0, 0.1) is 26.7 Å². The number of carbonyl (C=O) groups is 2. The fraction of sp³-hybridized carbons (Fsp3) is 0.355. The van der Waals surface area contributed by atoms with Crippen molar-refractivity contribution in [3.63, 3.8) is 0 Å². The van der Waals surface area contributed by atoms with Gasteiger partial charge in [0.15, 0.2) is 22.4 Å². The lowest BCUT2D eigenvalue weighted by Crippen LogP contribution is -2.31. The molecule has 0 bridgehead atoms. The largest absolute Gasteiger partial charge is 0.503 e. The molecule has 2 aromatic heterocycles. The number of amides is 1. The maximum absolute atomic E-state index is 14.0. The summed E-state index contributed by atoms with van der Waals surface area (Å²) in [5, 5.41) is 12.4. The van der Waals surface area contributed by atoms with Crippen LogP contribution in [0.2, 0.25) is 0 Å². The van der Waals surface area contributed by atoms with Crippen LogP contribution >= 0.6 is 22.7 Å². The number of Topliss-reactive ketones (excluding diaryl/α,β-unsaturated/α-hetero) is 1. The van der Waals surface area contributed by atoms with Gasteiger partial charge in [-0.25, -0.2) is 9.97 Å². The van der Waals surface area contributed by atoms with E-state index in [9.17, 15) is 14.7 Å². The fourth-order valence-electron chi connectivity index (χ4n) is 4.82. The van der Waals surface area contributed by atoms with Gasteiger partial charge in [-0.2, -0.15) is 0 Å². The van der Waals surface area contributed by atoms with Crippen LogP contribution in [0.25, 0.3) is 10.2 Å². The van der Waals surface area contributed by atoms with E-state index in [-0.39, 0.29) is 5.57 Å². The van der Waals surface area contributed by atoms with E-state index in [1.165, 1.54) is 27.6 Å². The number of fused-ring (bicyclic) bond motifs is 1. The maximum Gasteiger partial charge on any atom is 0.296 e. The van der Waals surface area contributed by atoms with E-state index >= 15 is 0 Å². The van der Waals surface area contributed by atoms with Crippen LogP contribution < -0.4 is 14.4 Å². The first-order valence-electron chi connectivity index (χ1n) is 13.6. The Balaban J connectivity index is 1.64. The van der Waals surface area contributed by atoms with Crippen molar-refractivity contribution in [3.05, 3.63) is 74.4 Å². The van der Waals surface area contributed by atoms with Crippen LogP contribution in [-0.4, -0.2) is 40.0 Å². The number of ether oxygens (including phenoxy) is 2. The summed E-state index contributed by atoms with van der Waals surface area (Å²) in [6.07, 6.45) is 0.887. The summed E-state index contributed by atoms with van der Waals surface area (Å²) in [4.78, 5) is 38.6. The third-order valence-corrected chi connectivity index (χ3v) is 8.93. The van der Waals surface area contributed by atoms with Crippen molar-refractivity contribution in [1.82, 2.24) is 9.97 Å². The van der Waals surface area contributed by atoms with Gasteiger partial charge in [-0.1, -0.05) is 37.3 Å². The smallest absolute Gasteiger partial charge is 0.296 e. The summed E-state index contributed by atoms with van der Waals surface area (Å²) in [5.41, 5.74) is 2.95. The summed E-state index contributed by atoms with van der Waals surface area (Å²) < 4.78 is 12.9. The number of benzene rings is 2. The predicted octanol–water partition coefficient (Wildman–Crippen LogP) is 7.28. The number of anilines is 1. The third kappa shape index (κ3) is 5.58. The van der Waals surface area contributed by atoms with E-state index in [1.807, 2.05) is 45.0 Å². The third-order valence-electron chi connectivity index (χ3n) is 6.84. The summed E-state index contributed by atoms with van der Waals surface area (Å²) in [6.45, 7) is 12.7. The topological polar surface area (TPSA) is 102 Å². The second-order valence-electron chi connectivity index (χ2n) is 10.5. The number of rotatable bonds is 10. The molecule has 1 N–H and O–H groups in total. The van der Waals surface area contributed by atoms with Gasteiger partial charge in [0.05, 0.1) is 50.6 Å². The predicted molar refractivity (Wildman–Crippen MR) is 163 cm³/mol. The Bertz CT molecular complexity index is 1670. The highest BCUT2D eigenvalue weighted by Crippen LogP contribution is 2.46. The molecule has 0 aliphatic carbocycles. The summed E-state index contributed by atoms with van der Waals surface area (Å²) in [6, 6.07) is 10.3. The normalized spacial score (nSPS) is 15.4. The van der Waals surface area contributed by atoms with Gasteiger partial charge < -0.3 is 14.6 Å². The molecule has 214 valence electrons. The lowest BCUT2D eigenvalue weighted by atomic mass is 9.95. The first-order valence-corrected chi connectivity index (χ1v) is 15.2. The highest BCUT2D eigenvalue weighted by Gasteiger charge is 2.46. The summed E-state index contributed by atoms with van der Waals surface area (Å²) >= 11 is 2.58. The quantitative estimate of drug-likeness (QED) is 0.193. The monoisotopic (exact) mass is 591 g/mol. The Morgan fingerprint density at radius 3 is 2.51 bits per heavy atom. The van der Waals surface area contributed by atoms with Crippen molar-refractivity contribution in [2.75, 3.05) is 18.1 Å². The molecule has 41 heavy (non-hydrogen) atoms. The van der Waals surface area contributed by atoms with Crippen LogP contribution in [0.3, 0.4) is 0 Å². The van der Waals surface area contributed by atoms with Crippen LogP contribution in [0.15, 0.2) is 47.7 Å². The Labute approximate surface area is 247 Å². The van der Waals surface area contributed by atoms with Crippen LogP contribution in [0.1, 0.15) is 64.7 Å². The zero-order chi connectivity index (χ0) is 29.4. The lowest BCUT2D eigenvalue weighted by molar-refractivity contribution is -0.117. The molecule has 1 unspecified atom stereocenters. The van der Waals surface area contributed by atoms with Gasteiger partial charge in [-0.15, -0.1) is 11.3 Å². The Kier molecular flexibility index (Phi) is 8.15. The standard InChI is InChI=1S/C31H33N3O5S2/c1-7-38-23-15-20(9-11-22(23)39-13-12-16(2)3)26-25(27(35)29-18(5)32-19(6)40-29)28(36)30(37)34(26)31-33-21-10-8-17(4)14-24(21)41-31/h8-11,14-16,26,36H,7,12-13H2,1-6H3. The minimum atomic E-state index is -0.928. The van der Waals surface area contributed by atoms with E-state index in [0.29, 0.717) is 51.9 Å². The molecule has 0 fully saturated rings. The van der Waals surface area contributed by atoms with Gasteiger partial charge in [0, 0.05) is 0 Å². The molecular formula is C31H33N3O5S2. The van der Waals surface area contributed by atoms with Crippen LogP contribution in [-0.2, 0) is 4.79 Å². The number of ketones is 1. The fourth-order valence-corrected chi connectivity index (χ4v) is 6.79. The molecule has 1 amide bonds. The van der Waals surface area contributed by atoms with Crippen molar-refractivity contribution in [2.45, 2.75) is 54.0 Å². The maximum atomic E-state index is 14.0. The van der Waals surface area contributed by atoms with Gasteiger partial charge in [0.1, 0.15) is 0 Å². The second-order valence-corrected chi connectivity index (χ2v) is 12.7. The molecule has 1 atom stereocenters. The molecule has 8 nitrogen and oxygen atoms in total. The number of aromatic nitrogens is 2. The van der Waals surface area contributed by atoms with Crippen molar-refractivity contribution in [1.29, 1.82) is 0 Å². The molecule has 3 heterocycles. The van der Waals surface area contributed by atoms with Gasteiger partial charge >= 0.3 is 0 Å². The van der Waals surface area contributed by atoms with Crippen molar-refractivity contribution < 1.29 is 24.2 Å². The van der Waals surface area contributed by atoms with E-state index in [2.05, 4.69) is 18.8 Å². The second kappa shape index (κ2) is 11.6. The molecule has 2 aromatic carbocycles. The average molecular weight is 592 g/mol. The van der Waals surface area contributed by atoms with E-state index < -0.39 is 23.5 Å². The molecule has 0 spiro atoms. The first kappa shape index (κ1) is 28.8. The van der Waals surface area contributed by atoms with E-state index in [0.717, 1.165) is 27.2 Å². The van der Waals surface area contributed by atoms with Crippen LogP contribution in [0.4, 0.5) is 5.13 Å². The molecule has 1 aliphatic rings. The molecule has 0 radical (unpaired) electrons. The van der Waals surface area contributed by atoms with Crippen molar-refractivity contribution in [2.24, 2.45) is 5.92 Å². The number of thiazole rings is 2. The van der Waals surface area contributed by atoms with Gasteiger partial charge in [0.2, 0.25) is 5.78 Å². The number of aliphatic hydroxyl groups is 1. The Hall–Kier alpha value is -3.76. The summed E-state index contributed by atoms with van der Waals surface area (Å²) in [7, 11) is 0. The molecule has 4 aromatic rings. The molecule has 5 rings (SSSR count). The van der Waals surface area contributed by atoms with Crippen LogP contribution in [0.5, 0.6) is 11.5 Å². The van der Waals surface area contributed by atoms with E-state index in [4.69, 9.17) is 14.5 Å². The number of aryl methyl sites for hydroxylation is 3. The van der Waals surface area contributed by atoms with Gasteiger partial charge in [0.25, 0.3) is 5.91 Å². The molecule has 0 saturated heterocycles. The molecule has 10 heteroatoms. The highest BCUT2D eigenvalue weighted by atomic mass is 32.1. The van der Waals surface area contributed by atoms with Gasteiger partial charge in [-0.05, 0) is 75.4 Å². The minimum absolute atomic E-state index is 0.00638. The Morgan fingerprint density at radius 1 is 1.05 bits per heavy atom. The van der Waals surface area contributed by atoms with Crippen molar-refractivity contribution >= 4 is 49.7 Å². The van der Waals surface area contributed by atoms with Gasteiger partial charge in [-0.3, -0.25) is 14.5 Å². The van der Waals surface area contributed by atoms with Crippen molar-refractivity contribution in [3.8, 4) is 11.5 Å². The zero-order valence-corrected chi connectivity index (χ0v) is 25.6. The summed E-state index contributed by atoms with van der Waals surface area (Å²) in [5.74, 6) is -0.124.